The van der Waals surface area contributed by atoms with Crippen LogP contribution >= 0.6 is 11.6 Å². The lowest BCUT2D eigenvalue weighted by atomic mass is 10.1. The van der Waals surface area contributed by atoms with Gasteiger partial charge in [-0.05, 0) is 36.1 Å². The summed E-state index contributed by atoms with van der Waals surface area (Å²) in [6.45, 7) is 4.84. The van der Waals surface area contributed by atoms with E-state index in [1.54, 1.807) is 10.7 Å². The van der Waals surface area contributed by atoms with Crippen molar-refractivity contribution in [2.45, 2.75) is 20.3 Å². The van der Waals surface area contributed by atoms with Crippen molar-refractivity contribution in [3.8, 4) is 11.6 Å². The van der Waals surface area contributed by atoms with Gasteiger partial charge in [0.1, 0.15) is 5.69 Å². The molecular weight excluding hydrogens is 276 g/mol. The van der Waals surface area contributed by atoms with Gasteiger partial charge in [0.15, 0.2) is 0 Å². The highest BCUT2D eigenvalue weighted by Crippen LogP contribution is 2.21. The number of benzene rings is 1. The first-order chi connectivity index (χ1) is 9.58. The zero-order valence-electron chi connectivity index (χ0n) is 11.5. The first-order valence-corrected chi connectivity index (χ1v) is 6.94. The SMILES string of the molecule is CC(C)CCOc1cc(C(=O)Cl)nn1-c1ccccc1. The minimum atomic E-state index is -0.589. The van der Waals surface area contributed by atoms with Crippen molar-refractivity contribution >= 4 is 16.8 Å². The van der Waals surface area contributed by atoms with Crippen LogP contribution in [-0.2, 0) is 0 Å². The summed E-state index contributed by atoms with van der Waals surface area (Å²) in [7, 11) is 0. The fourth-order valence-electron chi connectivity index (χ4n) is 1.72. The molecule has 0 saturated heterocycles. The summed E-state index contributed by atoms with van der Waals surface area (Å²) in [6, 6.07) is 11.1. The largest absolute Gasteiger partial charge is 0.478 e. The third kappa shape index (κ3) is 3.61. The Morgan fingerprint density at radius 2 is 2.05 bits per heavy atom. The Hall–Kier alpha value is -1.81. The van der Waals surface area contributed by atoms with Gasteiger partial charge in [-0.1, -0.05) is 32.0 Å². The summed E-state index contributed by atoms with van der Waals surface area (Å²) < 4.78 is 7.32. The van der Waals surface area contributed by atoms with Gasteiger partial charge in [-0.25, -0.2) is 4.68 Å². The molecule has 5 heteroatoms. The lowest BCUT2D eigenvalue weighted by molar-refractivity contribution is 0.107. The lowest BCUT2D eigenvalue weighted by Gasteiger charge is -2.10. The van der Waals surface area contributed by atoms with Gasteiger partial charge in [-0.3, -0.25) is 4.79 Å². The normalized spacial score (nSPS) is 10.8. The fourth-order valence-corrected chi connectivity index (χ4v) is 1.81. The predicted molar refractivity (Wildman–Crippen MR) is 78.7 cm³/mol. The maximum absolute atomic E-state index is 11.3. The van der Waals surface area contributed by atoms with Gasteiger partial charge in [-0.15, -0.1) is 0 Å². The van der Waals surface area contributed by atoms with Gasteiger partial charge in [0.05, 0.1) is 12.3 Å². The third-order valence-corrected chi connectivity index (χ3v) is 3.02. The molecule has 0 saturated carbocycles. The highest BCUT2D eigenvalue weighted by atomic mass is 35.5. The van der Waals surface area contributed by atoms with Crippen molar-refractivity contribution in [3.05, 3.63) is 42.1 Å². The van der Waals surface area contributed by atoms with E-state index in [0.29, 0.717) is 18.4 Å². The average molecular weight is 293 g/mol. The summed E-state index contributed by atoms with van der Waals surface area (Å²) in [5.41, 5.74) is 1.02. The molecule has 1 aromatic carbocycles. The van der Waals surface area contributed by atoms with Crippen LogP contribution in [0.15, 0.2) is 36.4 Å². The van der Waals surface area contributed by atoms with E-state index in [1.165, 1.54) is 0 Å². The highest BCUT2D eigenvalue weighted by molar-refractivity contribution is 6.67. The lowest BCUT2D eigenvalue weighted by Crippen LogP contribution is -2.06. The molecule has 0 radical (unpaired) electrons. The zero-order valence-corrected chi connectivity index (χ0v) is 12.3. The van der Waals surface area contributed by atoms with Crippen LogP contribution in [0.1, 0.15) is 30.8 Å². The number of rotatable bonds is 6. The molecule has 106 valence electrons. The van der Waals surface area contributed by atoms with E-state index >= 15 is 0 Å². The van der Waals surface area contributed by atoms with Crippen LogP contribution in [0.5, 0.6) is 5.88 Å². The Morgan fingerprint density at radius 1 is 1.35 bits per heavy atom. The van der Waals surface area contributed by atoms with E-state index in [-0.39, 0.29) is 5.69 Å². The van der Waals surface area contributed by atoms with E-state index in [9.17, 15) is 4.79 Å². The molecule has 2 rings (SSSR count). The molecule has 1 heterocycles. The summed E-state index contributed by atoms with van der Waals surface area (Å²) >= 11 is 5.49. The second-order valence-corrected chi connectivity index (χ2v) is 5.26. The van der Waals surface area contributed by atoms with Crippen LogP contribution in [0.3, 0.4) is 0 Å². The van der Waals surface area contributed by atoms with Gasteiger partial charge in [0.25, 0.3) is 5.24 Å². The van der Waals surface area contributed by atoms with Crippen LogP contribution in [-0.4, -0.2) is 21.6 Å². The number of carbonyl (C=O) groups is 1. The quantitative estimate of drug-likeness (QED) is 0.763. The van der Waals surface area contributed by atoms with Gasteiger partial charge < -0.3 is 4.74 Å². The van der Waals surface area contributed by atoms with Crippen molar-refractivity contribution in [2.75, 3.05) is 6.61 Å². The second-order valence-electron chi connectivity index (χ2n) is 4.92. The molecule has 0 unspecified atom stereocenters. The molecule has 2 aromatic rings. The van der Waals surface area contributed by atoms with Crippen LogP contribution in [0.2, 0.25) is 0 Å². The topological polar surface area (TPSA) is 44.1 Å². The number of halogens is 1. The van der Waals surface area contributed by atoms with Crippen molar-refractivity contribution in [3.63, 3.8) is 0 Å². The summed E-state index contributed by atoms with van der Waals surface area (Å²) in [6.07, 6.45) is 0.935. The van der Waals surface area contributed by atoms with Gasteiger partial charge in [0.2, 0.25) is 5.88 Å². The van der Waals surface area contributed by atoms with Crippen molar-refractivity contribution in [1.29, 1.82) is 0 Å². The standard InChI is InChI=1S/C15H17ClN2O2/c1-11(2)8-9-20-14-10-13(15(16)19)17-18(14)12-6-4-3-5-7-12/h3-7,10-11H,8-9H2,1-2H3. The Balaban J connectivity index is 2.27. The zero-order chi connectivity index (χ0) is 14.5. The number of aromatic nitrogens is 2. The molecule has 0 aliphatic carbocycles. The third-order valence-electron chi connectivity index (χ3n) is 2.82. The maximum atomic E-state index is 11.3. The molecule has 0 amide bonds. The number of hydrogen-bond donors (Lipinski definition) is 0. The molecular formula is C15H17ClN2O2. The molecule has 0 aliphatic heterocycles. The van der Waals surface area contributed by atoms with E-state index in [0.717, 1.165) is 12.1 Å². The van der Waals surface area contributed by atoms with Crippen LogP contribution in [0.4, 0.5) is 0 Å². The molecule has 1 aromatic heterocycles. The minimum absolute atomic E-state index is 0.190. The smallest absolute Gasteiger partial charge is 0.272 e. The summed E-state index contributed by atoms with van der Waals surface area (Å²) in [5, 5.41) is 3.60. The fraction of sp³-hybridized carbons (Fsp3) is 0.333. The number of hydrogen-bond acceptors (Lipinski definition) is 3. The summed E-state index contributed by atoms with van der Waals surface area (Å²) in [5.74, 6) is 1.08. The number of nitrogens with zero attached hydrogens (tertiary/aromatic N) is 2. The number of carbonyl (C=O) groups excluding carboxylic acids is 1. The molecule has 0 atom stereocenters. The van der Waals surface area contributed by atoms with Crippen molar-refractivity contribution < 1.29 is 9.53 Å². The van der Waals surface area contributed by atoms with Gasteiger partial charge >= 0.3 is 0 Å². The van der Waals surface area contributed by atoms with Crippen molar-refractivity contribution in [2.24, 2.45) is 5.92 Å². The van der Waals surface area contributed by atoms with E-state index in [2.05, 4.69) is 18.9 Å². The van der Waals surface area contributed by atoms with Gasteiger partial charge in [-0.2, -0.15) is 5.10 Å². The monoisotopic (exact) mass is 292 g/mol. The molecule has 4 nitrogen and oxygen atoms in total. The highest BCUT2D eigenvalue weighted by Gasteiger charge is 2.14. The molecule has 0 bridgehead atoms. The molecule has 0 fully saturated rings. The summed E-state index contributed by atoms with van der Waals surface area (Å²) in [4.78, 5) is 11.3. The minimum Gasteiger partial charge on any atom is -0.478 e. The molecule has 20 heavy (non-hydrogen) atoms. The average Bonchev–Trinajstić information content (AvgIpc) is 2.84. The van der Waals surface area contributed by atoms with E-state index in [1.807, 2.05) is 30.3 Å². The Bertz CT molecular complexity index is 579. The first kappa shape index (κ1) is 14.6. The Kier molecular flexibility index (Phi) is 4.79. The number of para-hydroxylation sites is 1. The molecule has 0 aliphatic rings. The van der Waals surface area contributed by atoms with Crippen LogP contribution in [0, 0.1) is 5.92 Å². The predicted octanol–water partition coefficient (Wildman–Crippen LogP) is 3.68. The van der Waals surface area contributed by atoms with Crippen molar-refractivity contribution in [1.82, 2.24) is 9.78 Å². The van der Waals surface area contributed by atoms with E-state index in [4.69, 9.17) is 16.3 Å². The van der Waals surface area contributed by atoms with Gasteiger partial charge in [0, 0.05) is 6.07 Å². The second kappa shape index (κ2) is 6.57. The molecule has 0 N–H and O–H groups in total. The van der Waals surface area contributed by atoms with Crippen LogP contribution in [0.25, 0.3) is 5.69 Å². The first-order valence-electron chi connectivity index (χ1n) is 6.56. The maximum Gasteiger partial charge on any atom is 0.272 e. The Morgan fingerprint density at radius 3 is 2.65 bits per heavy atom. The van der Waals surface area contributed by atoms with Crippen LogP contribution < -0.4 is 4.74 Å². The van der Waals surface area contributed by atoms with E-state index < -0.39 is 5.24 Å². The Labute approximate surface area is 123 Å². The number of ether oxygens (including phenoxy) is 1. The molecule has 0 spiro atoms.